The Labute approximate surface area is 199 Å². The molecule has 4 rings (SSSR count). The third-order valence-electron chi connectivity index (χ3n) is 5.91. The summed E-state index contributed by atoms with van der Waals surface area (Å²) >= 11 is 0. The Bertz CT molecular complexity index is 1420. The average molecular weight is 451 g/mol. The van der Waals surface area contributed by atoms with Crippen LogP contribution in [0.4, 0.5) is 11.4 Å². The van der Waals surface area contributed by atoms with Gasteiger partial charge in [-0.25, -0.2) is 9.78 Å². The van der Waals surface area contributed by atoms with Gasteiger partial charge in [-0.2, -0.15) is 5.26 Å². The predicted molar refractivity (Wildman–Crippen MR) is 136 cm³/mol. The number of rotatable bonds is 6. The minimum atomic E-state index is -0.979. The van der Waals surface area contributed by atoms with E-state index < -0.39 is 5.97 Å². The predicted octanol–water partition coefficient (Wildman–Crippen LogP) is 6.02. The number of anilines is 2. The molecule has 0 aliphatic rings. The van der Waals surface area contributed by atoms with Gasteiger partial charge in [-0.05, 0) is 66.9 Å². The zero-order valence-corrected chi connectivity index (χ0v) is 19.6. The van der Waals surface area contributed by atoms with Crippen LogP contribution in [0, 0.1) is 18.3 Å². The maximum Gasteiger partial charge on any atom is 0.337 e. The van der Waals surface area contributed by atoms with E-state index >= 15 is 0 Å². The molecule has 0 aliphatic heterocycles. The van der Waals surface area contributed by atoms with Crippen molar-refractivity contribution < 1.29 is 9.90 Å². The number of fused-ring (bicyclic) bond motifs is 1. The number of carboxylic acids is 1. The molecule has 1 heterocycles. The largest absolute Gasteiger partial charge is 0.478 e. The lowest BCUT2D eigenvalue weighted by Crippen LogP contribution is -2.11. The minimum absolute atomic E-state index is 0.193. The van der Waals surface area contributed by atoms with Crippen molar-refractivity contribution in [2.24, 2.45) is 0 Å². The standard InChI is InChI=1S/C28H26N4O2/c1-17-13-22(18(2)30-25-8-6-5-7-21(25)28(33)34)24-15-23(27(16-29)31-26(24)14-17)19-9-11-20(12-10-19)32(3)4/h5-15,18,30H,1-4H3,(H,33,34). The molecule has 2 N–H and O–H groups in total. The van der Waals surface area contributed by atoms with Crippen LogP contribution in [-0.4, -0.2) is 30.2 Å². The Kier molecular flexibility index (Phi) is 6.20. The lowest BCUT2D eigenvalue weighted by molar-refractivity contribution is 0.0698. The van der Waals surface area contributed by atoms with Crippen molar-refractivity contribution in [3.05, 3.63) is 89.1 Å². The zero-order valence-electron chi connectivity index (χ0n) is 19.6. The van der Waals surface area contributed by atoms with E-state index in [1.165, 1.54) is 0 Å². The number of pyridine rings is 1. The second-order valence-electron chi connectivity index (χ2n) is 8.58. The number of benzene rings is 3. The molecule has 1 unspecified atom stereocenters. The van der Waals surface area contributed by atoms with E-state index in [0.29, 0.717) is 11.4 Å². The number of hydrogen-bond donors (Lipinski definition) is 2. The van der Waals surface area contributed by atoms with Crippen LogP contribution in [0.2, 0.25) is 0 Å². The van der Waals surface area contributed by atoms with Gasteiger partial charge in [0, 0.05) is 42.5 Å². The van der Waals surface area contributed by atoms with Gasteiger partial charge in [0.05, 0.1) is 11.1 Å². The van der Waals surface area contributed by atoms with Gasteiger partial charge in [0.25, 0.3) is 0 Å². The monoisotopic (exact) mass is 450 g/mol. The summed E-state index contributed by atoms with van der Waals surface area (Å²) in [5.74, 6) is -0.979. The molecule has 3 aromatic carbocycles. The molecule has 6 heteroatoms. The summed E-state index contributed by atoms with van der Waals surface area (Å²) in [5.41, 5.74) is 6.64. The normalized spacial score (nSPS) is 11.6. The SMILES string of the molecule is Cc1cc(C(C)Nc2ccccc2C(=O)O)c2cc(-c3ccc(N(C)C)cc3)c(C#N)nc2c1. The van der Waals surface area contributed by atoms with Crippen LogP contribution < -0.4 is 10.2 Å². The number of carboxylic acid groups (broad SMARTS) is 1. The Balaban J connectivity index is 1.84. The van der Waals surface area contributed by atoms with Gasteiger partial charge in [-0.15, -0.1) is 0 Å². The summed E-state index contributed by atoms with van der Waals surface area (Å²) < 4.78 is 0. The number of carbonyl (C=O) groups is 1. The molecule has 0 amide bonds. The van der Waals surface area contributed by atoms with Crippen molar-refractivity contribution in [2.45, 2.75) is 19.9 Å². The van der Waals surface area contributed by atoms with Crippen LogP contribution >= 0.6 is 0 Å². The van der Waals surface area contributed by atoms with Crippen LogP contribution in [-0.2, 0) is 0 Å². The van der Waals surface area contributed by atoms with E-state index in [1.807, 2.05) is 75.3 Å². The summed E-state index contributed by atoms with van der Waals surface area (Å²) in [4.78, 5) is 18.4. The molecule has 0 bridgehead atoms. The molecule has 0 spiro atoms. The van der Waals surface area contributed by atoms with Crippen molar-refractivity contribution in [1.29, 1.82) is 5.26 Å². The zero-order chi connectivity index (χ0) is 24.4. The van der Waals surface area contributed by atoms with Crippen molar-refractivity contribution >= 4 is 28.2 Å². The molecule has 170 valence electrons. The number of aryl methyl sites for hydroxylation is 1. The quantitative estimate of drug-likeness (QED) is 0.373. The Morgan fingerprint density at radius 3 is 2.44 bits per heavy atom. The molecule has 0 radical (unpaired) electrons. The molecule has 0 fully saturated rings. The molecule has 1 aromatic heterocycles. The minimum Gasteiger partial charge on any atom is -0.478 e. The maximum absolute atomic E-state index is 11.7. The fourth-order valence-corrected chi connectivity index (χ4v) is 4.16. The van der Waals surface area contributed by atoms with Gasteiger partial charge in [0.15, 0.2) is 0 Å². The highest BCUT2D eigenvalue weighted by Crippen LogP contribution is 2.33. The first kappa shape index (κ1) is 22.8. The molecule has 4 aromatic rings. The number of para-hydroxylation sites is 1. The highest BCUT2D eigenvalue weighted by Gasteiger charge is 2.17. The Hall–Kier alpha value is -4.37. The second kappa shape index (κ2) is 9.24. The Morgan fingerprint density at radius 1 is 1.09 bits per heavy atom. The number of nitrogens with zero attached hydrogens (tertiary/aromatic N) is 3. The van der Waals surface area contributed by atoms with Gasteiger partial charge in [-0.3, -0.25) is 0 Å². The lowest BCUT2D eigenvalue weighted by Gasteiger charge is -2.20. The van der Waals surface area contributed by atoms with E-state index in [9.17, 15) is 15.2 Å². The summed E-state index contributed by atoms with van der Waals surface area (Å²) in [6, 6.07) is 23.0. The highest BCUT2D eigenvalue weighted by atomic mass is 16.4. The maximum atomic E-state index is 11.7. The Morgan fingerprint density at radius 2 is 1.79 bits per heavy atom. The number of hydrogen-bond acceptors (Lipinski definition) is 5. The first-order valence-corrected chi connectivity index (χ1v) is 11.0. The third-order valence-corrected chi connectivity index (χ3v) is 5.91. The molecule has 0 saturated carbocycles. The van der Waals surface area contributed by atoms with E-state index in [1.54, 1.807) is 18.2 Å². The fraction of sp³-hybridized carbons (Fsp3) is 0.179. The van der Waals surface area contributed by atoms with Crippen LogP contribution in [0.5, 0.6) is 0 Å². The lowest BCUT2D eigenvalue weighted by atomic mass is 9.95. The molecule has 1 atom stereocenters. The topological polar surface area (TPSA) is 89.2 Å². The summed E-state index contributed by atoms with van der Waals surface area (Å²) in [5, 5.41) is 23.7. The number of aromatic nitrogens is 1. The van der Waals surface area contributed by atoms with Gasteiger partial charge in [0.2, 0.25) is 0 Å². The van der Waals surface area contributed by atoms with Crippen LogP contribution in [0.3, 0.4) is 0 Å². The summed E-state index contributed by atoms with van der Waals surface area (Å²) in [7, 11) is 3.97. The molecule has 0 aliphatic carbocycles. The molecule has 0 saturated heterocycles. The van der Waals surface area contributed by atoms with Crippen molar-refractivity contribution in [3.63, 3.8) is 0 Å². The molecular formula is C28H26N4O2. The first-order chi connectivity index (χ1) is 16.3. The first-order valence-electron chi connectivity index (χ1n) is 11.0. The van der Waals surface area contributed by atoms with Crippen molar-refractivity contribution in [3.8, 4) is 17.2 Å². The van der Waals surface area contributed by atoms with Gasteiger partial charge in [0.1, 0.15) is 11.8 Å². The van der Waals surface area contributed by atoms with E-state index in [4.69, 9.17) is 4.98 Å². The van der Waals surface area contributed by atoms with Crippen LogP contribution in [0.1, 0.15) is 40.1 Å². The summed E-state index contributed by atoms with van der Waals surface area (Å²) in [6.07, 6.45) is 0. The molecule has 6 nitrogen and oxygen atoms in total. The smallest absolute Gasteiger partial charge is 0.337 e. The van der Waals surface area contributed by atoms with E-state index in [-0.39, 0.29) is 11.6 Å². The molecular weight excluding hydrogens is 424 g/mol. The molecule has 34 heavy (non-hydrogen) atoms. The van der Waals surface area contributed by atoms with Gasteiger partial charge >= 0.3 is 5.97 Å². The summed E-state index contributed by atoms with van der Waals surface area (Å²) in [6.45, 7) is 3.99. The van der Waals surface area contributed by atoms with Gasteiger partial charge < -0.3 is 15.3 Å². The fourth-order valence-electron chi connectivity index (χ4n) is 4.16. The van der Waals surface area contributed by atoms with Gasteiger partial charge in [-0.1, -0.05) is 30.3 Å². The highest BCUT2D eigenvalue weighted by molar-refractivity contribution is 5.94. The van der Waals surface area contributed by atoms with Crippen molar-refractivity contribution in [1.82, 2.24) is 4.98 Å². The number of aromatic carboxylic acids is 1. The van der Waals surface area contributed by atoms with Crippen LogP contribution in [0.15, 0.2) is 66.7 Å². The number of nitriles is 1. The second-order valence-corrected chi connectivity index (χ2v) is 8.58. The number of nitrogens with one attached hydrogen (secondary N) is 1. The van der Waals surface area contributed by atoms with E-state index in [2.05, 4.69) is 17.5 Å². The van der Waals surface area contributed by atoms with E-state index in [0.717, 1.165) is 38.8 Å². The van der Waals surface area contributed by atoms with Crippen LogP contribution in [0.25, 0.3) is 22.0 Å². The average Bonchev–Trinajstić information content (AvgIpc) is 2.82. The third kappa shape index (κ3) is 4.41. The van der Waals surface area contributed by atoms with Crippen molar-refractivity contribution in [2.75, 3.05) is 24.3 Å².